The van der Waals surface area contributed by atoms with E-state index in [4.69, 9.17) is 15.6 Å². The van der Waals surface area contributed by atoms with Gasteiger partial charge in [-0.05, 0) is 43.4 Å². The number of likely N-dealkylation sites (tertiary alicyclic amines) is 1. The van der Waals surface area contributed by atoms with Crippen molar-refractivity contribution >= 4 is 17.8 Å². The van der Waals surface area contributed by atoms with Crippen LogP contribution in [0.25, 0.3) is 0 Å². The Balaban J connectivity index is 1.77. The Labute approximate surface area is 146 Å². The molecule has 1 unspecified atom stereocenters. The monoisotopic (exact) mass is 348 g/mol. The highest BCUT2D eigenvalue weighted by Gasteiger charge is 2.23. The van der Waals surface area contributed by atoms with Crippen LogP contribution in [0.1, 0.15) is 42.5 Å². The Morgan fingerprint density at radius 2 is 2.08 bits per heavy atom. The first-order valence-corrected chi connectivity index (χ1v) is 8.48. The Morgan fingerprint density at radius 1 is 1.28 bits per heavy atom. The number of carboxylic acids is 1. The van der Waals surface area contributed by atoms with Gasteiger partial charge in [0, 0.05) is 25.1 Å². The van der Waals surface area contributed by atoms with E-state index in [0.717, 1.165) is 12.8 Å². The van der Waals surface area contributed by atoms with Gasteiger partial charge in [0.15, 0.2) is 0 Å². The van der Waals surface area contributed by atoms with E-state index in [-0.39, 0.29) is 31.3 Å². The van der Waals surface area contributed by atoms with Gasteiger partial charge < -0.3 is 20.5 Å². The number of carbonyl (C=O) groups excluding carboxylic acids is 2. The second kappa shape index (κ2) is 9.05. The molecular formula is C18H24N2O5. The van der Waals surface area contributed by atoms with E-state index in [9.17, 15) is 14.4 Å². The number of hydrogen-bond acceptors (Lipinski definition) is 4. The molecule has 1 aromatic rings. The van der Waals surface area contributed by atoms with Crippen molar-refractivity contribution < 1.29 is 24.2 Å². The van der Waals surface area contributed by atoms with Gasteiger partial charge in [-0.3, -0.25) is 14.4 Å². The molecule has 0 radical (unpaired) electrons. The smallest absolute Gasteiger partial charge is 0.303 e. The number of rotatable bonds is 8. The van der Waals surface area contributed by atoms with Crippen molar-refractivity contribution in [1.82, 2.24) is 4.90 Å². The summed E-state index contributed by atoms with van der Waals surface area (Å²) in [5.74, 6) is -0.563. The quantitative estimate of drug-likeness (QED) is 0.742. The number of nitrogens with two attached hydrogens (primary N) is 1. The fraction of sp³-hybridized carbons (Fsp3) is 0.500. The lowest BCUT2D eigenvalue weighted by atomic mass is 9.93. The van der Waals surface area contributed by atoms with E-state index >= 15 is 0 Å². The number of ether oxygens (including phenoxy) is 1. The third kappa shape index (κ3) is 6.10. The Hall–Kier alpha value is -2.57. The highest BCUT2D eigenvalue weighted by Crippen LogP contribution is 2.21. The van der Waals surface area contributed by atoms with Gasteiger partial charge in [0.25, 0.3) is 0 Å². The predicted octanol–water partition coefficient (Wildman–Crippen LogP) is 1.66. The van der Waals surface area contributed by atoms with Gasteiger partial charge in [0.1, 0.15) is 5.75 Å². The summed E-state index contributed by atoms with van der Waals surface area (Å²) in [4.78, 5) is 35.9. The second-order valence-electron chi connectivity index (χ2n) is 6.27. The largest absolute Gasteiger partial charge is 0.493 e. The summed E-state index contributed by atoms with van der Waals surface area (Å²) >= 11 is 0. The molecule has 1 aromatic carbocycles. The lowest BCUT2D eigenvalue weighted by Gasteiger charge is -2.32. The van der Waals surface area contributed by atoms with Gasteiger partial charge in [-0.25, -0.2) is 0 Å². The normalized spacial score (nSPS) is 17.1. The maximum Gasteiger partial charge on any atom is 0.303 e. The molecule has 7 nitrogen and oxygen atoms in total. The van der Waals surface area contributed by atoms with E-state index in [0.29, 0.717) is 30.8 Å². The SMILES string of the molecule is NC(=O)c1cccc(OCCC(=O)N2CCCC(CCC(=O)O)C2)c1. The van der Waals surface area contributed by atoms with Crippen LogP contribution in [0, 0.1) is 5.92 Å². The van der Waals surface area contributed by atoms with E-state index in [1.165, 1.54) is 0 Å². The molecule has 0 bridgehead atoms. The summed E-state index contributed by atoms with van der Waals surface area (Å²) in [6, 6.07) is 6.54. The summed E-state index contributed by atoms with van der Waals surface area (Å²) in [6.45, 7) is 1.54. The first-order chi connectivity index (χ1) is 12.0. The van der Waals surface area contributed by atoms with Gasteiger partial charge in [0.05, 0.1) is 13.0 Å². The minimum Gasteiger partial charge on any atom is -0.493 e. The Morgan fingerprint density at radius 3 is 2.80 bits per heavy atom. The molecule has 1 saturated heterocycles. The van der Waals surface area contributed by atoms with E-state index in [2.05, 4.69) is 0 Å². The van der Waals surface area contributed by atoms with Crippen LogP contribution in [0.2, 0.25) is 0 Å². The standard InChI is InChI=1S/C18H24N2O5/c19-18(24)14-4-1-5-15(11-14)25-10-8-16(21)20-9-2-3-13(12-20)6-7-17(22)23/h1,4-5,11,13H,2-3,6-10,12H2,(H2,19,24)(H,22,23). The molecule has 1 aliphatic heterocycles. The van der Waals surface area contributed by atoms with Crippen molar-refractivity contribution in [2.75, 3.05) is 19.7 Å². The first-order valence-electron chi connectivity index (χ1n) is 8.48. The molecular weight excluding hydrogens is 324 g/mol. The van der Waals surface area contributed by atoms with Crippen LogP contribution in [-0.2, 0) is 9.59 Å². The van der Waals surface area contributed by atoms with Crippen LogP contribution in [-0.4, -0.2) is 47.5 Å². The van der Waals surface area contributed by atoms with Crippen molar-refractivity contribution in [1.29, 1.82) is 0 Å². The molecule has 136 valence electrons. The summed E-state index contributed by atoms with van der Waals surface area (Å²) in [5, 5.41) is 8.77. The van der Waals surface area contributed by atoms with Crippen molar-refractivity contribution in [2.45, 2.75) is 32.1 Å². The van der Waals surface area contributed by atoms with Crippen LogP contribution in [0.3, 0.4) is 0 Å². The number of nitrogens with zero attached hydrogens (tertiary/aromatic N) is 1. The molecule has 0 aromatic heterocycles. The fourth-order valence-electron chi connectivity index (χ4n) is 3.01. The molecule has 1 heterocycles. The molecule has 7 heteroatoms. The highest BCUT2D eigenvalue weighted by molar-refractivity contribution is 5.93. The van der Waals surface area contributed by atoms with Gasteiger partial charge in [-0.2, -0.15) is 0 Å². The Bertz CT molecular complexity index is 632. The minimum atomic E-state index is -0.796. The predicted molar refractivity (Wildman–Crippen MR) is 91.2 cm³/mol. The third-order valence-electron chi connectivity index (χ3n) is 4.34. The molecule has 25 heavy (non-hydrogen) atoms. The van der Waals surface area contributed by atoms with Gasteiger partial charge in [-0.15, -0.1) is 0 Å². The fourth-order valence-corrected chi connectivity index (χ4v) is 3.01. The number of amides is 2. The zero-order valence-corrected chi connectivity index (χ0v) is 14.1. The van der Waals surface area contributed by atoms with Crippen molar-refractivity contribution in [3.63, 3.8) is 0 Å². The number of aliphatic carboxylic acids is 1. The van der Waals surface area contributed by atoms with E-state index in [1.54, 1.807) is 29.2 Å². The summed E-state index contributed by atoms with van der Waals surface area (Å²) in [6.07, 6.45) is 2.86. The van der Waals surface area contributed by atoms with Gasteiger partial charge in [-0.1, -0.05) is 6.07 Å². The Kier molecular flexibility index (Phi) is 6.80. The van der Waals surface area contributed by atoms with Crippen molar-refractivity contribution in [3.05, 3.63) is 29.8 Å². The minimum absolute atomic E-state index is 0.00563. The lowest BCUT2D eigenvalue weighted by molar-refractivity contribution is -0.137. The lowest BCUT2D eigenvalue weighted by Crippen LogP contribution is -2.40. The third-order valence-corrected chi connectivity index (χ3v) is 4.34. The van der Waals surface area contributed by atoms with Crippen LogP contribution in [0.15, 0.2) is 24.3 Å². The van der Waals surface area contributed by atoms with Gasteiger partial charge >= 0.3 is 5.97 Å². The summed E-state index contributed by atoms with van der Waals surface area (Å²) < 4.78 is 5.53. The summed E-state index contributed by atoms with van der Waals surface area (Å²) in [7, 11) is 0. The number of primary amides is 1. The first kappa shape index (κ1) is 18.8. The average Bonchev–Trinajstić information content (AvgIpc) is 2.60. The maximum absolute atomic E-state index is 12.3. The number of hydrogen-bond donors (Lipinski definition) is 2. The van der Waals surface area contributed by atoms with Crippen LogP contribution >= 0.6 is 0 Å². The zero-order valence-electron chi connectivity index (χ0n) is 14.1. The molecule has 0 spiro atoms. The summed E-state index contributed by atoms with van der Waals surface area (Å²) in [5.41, 5.74) is 5.58. The molecule has 0 saturated carbocycles. The zero-order chi connectivity index (χ0) is 18.2. The number of carboxylic acid groups (broad SMARTS) is 1. The average molecular weight is 348 g/mol. The van der Waals surface area contributed by atoms with Gasteiger partial charge in [0.2, 0.25) is 11.8 Å². The molecule has 1 aliphatic rings. The van der Waals surface area contributed by atoms with E-state index < -0.39 is 11.9 Å². The van der Waals surface area contributed by atoms with E-state index in [1.807, 2.05) is 0 Å². The number of carbonyl (C=O) groups is 3. The maximum atomic E-state index is 12.3. The highest BCUT2D eigenvalue weighted by atomic mass is 16.5. The molecule has 2 amide bonds. The van der Waals surface area contributed by atoms with Crippen molar-refractivity contribution in [2.24, 2.45) is 11.7 Å². The van der Waals surface area contributed by atoms with Crippen LogP contribution in [0.4, 0.5) is 0 Å². The molecule has 0 aliphatic carbocycles. The van der Waals surface area contributed by atoms with Crippen LogP contribution in [0.5, 0.6) is 5.75 Å². The molecule has 2 rings (SSSR count). The molecule has 1 fully saturated rings. The number of benzene rings is 1. The second-order valence-corrected chi connectivity index (χ2v) is 6.27. The molecule has 1 atom stereocenters. The topological polar surface area (TPSA) is 110 Å². The van der Waals surface area contributed by atoms with Crippen LogP contribution < -0.4 is 10.5 Å². The van der Waals surface area contributed by atoms with Crippen molar-refractivity contribution in [3.8, 4) is 5.75 Å². The molecule has 3 N–H and O–H groups in total. The number of piperidine rings is 1.